The summed E-state index contributed by atoms with van der Waals surface area (Å²) in [7, 11) is 1.55. The van der Waals surface area contributed by atoms with Gasteiger partial charge in [-0.25, -0.2) is 10.2 Å². The van der Waals surface area contributed by atoms with Crippen LogP contribution in [0.15, 0.2) is 96.1 Å². The Bertz CT molecular complexity index is 1560. The zero-order valence-electron chi connectivity index (χ0n) is 22.8. The molecule has 0 radical (unpaired) electrons. The summed E-state index contributed by atoms with van der Waals surface area (Å²) in [6, 6.07) is 25.2. The number of anilines is 1. The number of ether oxygens (including phenoxy) is 3. The first-order chi connectivity index (χ1) is 19.9. The number of aryl methyl sites for hydroxylation is 1. The molecular formula is C32H29N3O6. The Morgan fingerprint density at radius 3 is 2.24 bits per heavy atom. The van der Waals surface area contributed by atoms with Gasteiger partial charge in [0.1, 0.15) is 5.75 Å². The van der Waals surface area contributed by atoms with Crippen LogP contribution in [-0.4, -0.2) is 37.7 Å². The molecule has 0 atom stereocenters. The molecule has 0 bridgehead atoms. The zero-order valence-corrected chi connectivity index (χ0v) is 22.8. The number of nitrogens with one attached hydrogen (secondary N) is 2. The molecule has 4 aromatic rings. The molecule has 208 valence electrons. The third-order valence-electron chi connectivity index (χ3n) is 5.87. The molecule has 0 saturated carbocycles. The molecule has 0 aliphatic carbocycles. The van der Waals surface area contributed by atoms with Gasteiger partial charge in [0.05, 0.1) is 25.5 Å². The molecule has 4 aromatic carbocycles. The van der Waals surface area contributed by atoms with Crippen LogP contribution < -0.4 is 25.0 Å². The molecular weight excluding hydrogens is 522 g/mol. The number of carbonyl (C=O) groups is 3. The fourth-order valence-corrected chi connectivity index (χ4v) is 3.72. The highest BCUT2D eigenvalue weighted by molar-refractivity contribution is 6.05. The summed E-state index contributed by atoms with van der Waals surface area (Å²) in [6.45, 7) is 4.11. The first kappa shape index (κ1) is 28.6. The average Bonchev–Trinajstić information content (AvgIpc) is 2.99. The topological polar surface area (TPSA) is 115 Å². The number of nitrogens with zero attached hydrogens (tertiary/aromatic N) is 1. The predicted molar refractivity (Wildman–Crippen MR) is 156 cm³/mol. The van der Waals surface area contributed by atoms with Gasteiger partial charge < -0.3 is 19.5 Å². The molecule has 41 heavy (non-hydrogen) atoms. The van der Waals surface area contributed by atoms with E-state index < -0.39 is 11.9 Å². The molecule has 2 amide bonds. The van der Waals surface area contributed by atoms with E-state index in [2.05, 4.69) is 15.8 Å². The van der Waals surface area contributed by atoms with E-state index in [9.17, 15) is 14.4 Å². The number of rotatable bonds is 10. The third kappa shape index (κ3) is 7.79. The molecule has 9 heteroatoms. The molecule has 9 nitrogen and oxygen atoms in total. The van der Waals surface area contributed by atoms with Crippen LogP contribution in [0.25, 0.3) is 0 Å². The lowest BCUT2D eigenvalue weighted by Gasteiger charge is -2.11. The van der Waals surface area contributed by atoms with E-state index in [-0.39, 0.29) is 11.7 Å². The van der Waals surface area contributed by atoms with Gasteiger partial charge in [-0.1, -0.05) is 23.8 Å². The van der Waals surface area contributed by atoms with E-state index in [1.807, 2.05) is 26.0 Å². The van der Waals surface area contributed by atoms with Crippen LogP contribution in [0.2, 0.25) is 0 Å². The lowest BCUT2D eigenvalue weighted by molar-refractivity contribution is 0.0728. The zero-order chi connectivity index (χ0) is 29.2. The van der Waals surface area contributed by atoms with Gasteiger partial charge in [0.2, 0.25) is 0 Å². The maximum Gasteiger partial charge on any atom is 0.343 e. The number of hydrogen-bond donors (Lipinski definition) is 2. The molecule has 0 spiro atoms. The van der Waals surface area contributed by atoms with Crippen molar-refractivity contribution in [2.75, 3.05) is 19.0 Å². The van der Waals surface area contributed by atoms with Crippen LogP contribution >= 0.6 is 0 Å². The van der Waals surface area contributed by atoms with Crippen LogP contribution in [0.1, 0.15) is 49.1 Å². The van der Waals surface area contributed by atoms with E-state index in [4.69, 9.17) is 14.2 Å². The fourth-order valence-electron chi connectivity index (χ4n) is 3.72. The Morgan fingerprint density at radius 1 is 0.805 bits per heavy atom. The first-order valence-corrected chi connectivity index (χ1v) is 12.8. The van der Waals surface area contributed by atoms with Crippen LogP contribution in [0.4, 0.5) is 5.69 Å². The van der Waals surface area contributed by atoms with Crippen LogP contribution in [0.3, 0.4) is 0 Å². The van der Waals surface area contributed by atoms with Crippen molar-refractivity contribution in [3.8, 4) is 17.2 Å². The lowest BCUT2D eigenvalue weighted by atomic mass is 10.1. The van der Waals surface area contributed by atoms with Crippen LogP contribution in [-0.2, 0) is 0 Å². The minimum absolute atomic E-state index is 0.248. The maximum atomic E-state index is 12.7. The summed E-state index contributed by atoms with van der Waals surface area (Å²) in [5, 5.41) is 6.83. The predicted octanol–water partition coefficient (Wildman–Crippen LogP) is 5.64. The molecule has 2 N–H and O–H groups in total. The molecule has 0 unspecified atom stereocenters. The molecule has 0 aliphatic heterocycles. The Kier molecular flexibility index (Phi) is 9.45. The van der Waals surface area contributed by atoms with Crippen LogP contribution in [0, 0.1) is 6.92 Å². The summed E-state index contributed by atoms with van der Waals surface area (Å²) in [4.78, 5) is 37.8. The number of hydrogen-bond acceptors (Lipinski definition) is 7. The Morgan fingerprint density at radius 2 is 1.54 bits per heavy atom. The highest BCUT2D eigenvalue weighted by atomic mass is 16.6. The van der Waals surface area contributed by atoms with Gasteiger partial charge in [-0.15, -0.1) is 0 Å². The van der Waals surface area contributed by atoms with E-state index in [0.717, 1.165) is 5.56 Å². The molecule has 0 fully saturated rings. The lowest BCUT2D eigenvalue weighted by Crippen LogP contribution is -2.18. The summed E-state index contributed by atoms with van der Waals surface area (Å²) in [5.41, 5.74) is 5.82. The largest absolute Gasteiger partial charge is 0.497 e. The van der Waals surface area contributed by atoms with Crippen molar-refractivity contribution >= 4 is 29.7 Å². The van der Waals surface area contributed by atoms with E-state index in [0.29, 0.717) is 46.0 Å². The quantitative estimate of drug-likeness (QED) is 0.114. The maximum absolute atomic E-state index is 12.7. The van der Waals surface area contributed by atoms with Crippen molar-refractivity contribution in [2.45, 2.75) is 13.8 Å². The van der Waals surface area contributed by atoms with Crippen molar-refractivity contribution in [2.24, 2.45) is 5.10 Å². The third-order valence-corrected chi connectivity index (χ3v) is 5.87. The molecule has 4 rings (SSSR count). The van der Waals surface area contributed by atoms with Crippen molar-refractivity contribution in [1.82, 2.24) is 5.43 Å². The monoisotopic (exact) mass is 551 g/mol. The van der Waals surface area contributed by atoms with Gasteiger partial charge in [0, 0.05) is 16.8 Å². The fraction of sp³-hybridized carbons (Fsp3) is 0.125. The summed E-state index contributed by atoms with van der Waals surface area (Å²) < 4.78 is 16.3. The summed E-state index contributed by atoms with van der Waals surface area (Å²) in [6.07, 6.45) is 1.44. The molecule has 0 aliphatic rings. The highest BCUT2D eigenvalue weighted by Gasteiger charge is 2.14. The smallest absolute Gasteiger partial charge is 0.343 e. The molecule has 0 heterocycles. The van der Waals surface area contributed by atoms with E-state index in [1.165, 1.54) is 6.21 Å². The standard InChI is InChI=1S/C32H29N3O6/c1-4-40-29-18-22(10-17-28(29)41-32(38)24-13-15-27(39-3)16-14-24)20-33-35-31(37)25-6-5-7-26(19-25)34-30(36)23-11-8-21(2)9-12-23/h5-20H,4H2,1-3H3,(H,34,36)(H,35,37). The Balaban J connectivity index is 1.39. The number of benzene rings is 4. The molecule has 0 saturated heterocycles. The first-order valence-electron chi connectivity index (χ1n) is 12.8. The van der Waals surface area contributed by atoms with Gasteiger partial charge in [-0.05, 0) is 92.2 Å². The second-order valence-corrected chi connectivity index (χ2v) is 8.86. The van der Waals surface area contributed by atoms with E-state index >= 15 is 0 Å². The normalized spacial score (nSPS) is 10.6. The average molecular weight is 552 g/mol. The molecule has 0 aromatic heterocycles. The van der Waals surface area contributed by atoms with E-state index in [1.54, 1.807) is 86.0 Å². The summed E-state index contributed by atoms with van der Waals surface area (Å²) in [5.74, 6) is -0.0453. The Labute approximate surface area is 237 Å². The second-order valence-electron chi connectivity index (χ2n) is 8.86. The Hall–Kier alpha value is -5.44. The minimum atomic E-state index is -0.542. The van der Waals surface area contributed by atoms with Crippen molar-refractivity contribution in [3.63, 3.8) is 0 Å². The number of hydrazone groups is 1. The van der Waals surface area contributed by atoms with Gasteiger partial charge in [-0.2, -0.15) is 5.10 Å². The SMILES string of the molecule is CCOc1cc(C=NNC(=O)c2cccc(NC(=O)c3ccc(C)cc3)c2)ccc1OC(=O)c1ccc(OC)cc1. The van der Waals surface area contributed by atoms with Gasteiger partial charge in [-0.3, -0.25) is 9.59 Å². The summed E-state index contributed by atoms with van der Waals surface area (Å²) >= 11 is 0. The number of carbonyl (C=O) groups excluding carboxylic acids is 3. The van der Waals surface area contributed by atoms with Crippen molar-refractivity contribution < 1.29 is 28.6 Å². The number of esters is 1. The minimum Gasteiger partial charge on any atom is -0.497 e. The van der Waals surface area contributed by atoms with Gasteiger partial charge in [0.25, 0.3) is 11.8 Å². The van der Waals surface area contributed by atoms with Gasteiger partial charge >= 0.3 is 5.97 Å². The number of methoxy groups -OCH3 is 1. The van der Waals surface area contributed by atoms with Crippen LogP contribution in [0.5, 0.6) is 17.2 Å². The van der Waals surface area contributed by atoms with Crippen molar-refractivity contribution in [1.29, 1.82) is 0 Å². The number of amides is 2. The van der Waals surface area contributed by atoms with Crippen molar-refractivity contribution in [3.05, 3.63) is 119 Å². The van der Waals surface area contributed by atoms with Gasteiger partial charge in [0.15, 0.2) is 11.5 Å². The highest BCUT2D eigenvalue weighted by Crippen LogP contribution is 2.29. The second kappa shape index (κ2) is 13.6.